The van der Waals surface area contributed by atoms with Gasteiger partial charge in [0.15, 0.2) is 0 Å². The molecule has 182 valence electrons. The summed E-state index contributed by atoms with van der Waals surface area (Å²) in [7, 11) is 0. The molecule has 7 nitrogen and oxygen atoms in total. The molecule has 3 amide bonds. The number of amides is 3. The van der Waals surface area contributed by atoms with Crippen LogP contribution in [0.4, 0.5) is 4.39 Å². The molecule has 1 atom stereocenters. The lowest BCUT2D eigenvalue weighted by molar-refractivity contribution is -0.135. The van der Waals surface area contributed by atoms with E-state index >= 15 is 0 Å². The van der Waals surface area contributed by atoms with Crippen molar-refractivity contribution in [2.45, 2.75) is 26.8 Å². The third kappa shape index (κ3) is 6.05. The molecule has 1 fully saturated rings. The molecule has 9 heteroatoms. The summed E-state index contributed by atoms with van der Waals surface area (Å²) >= 11 is 6.02. The van der Waals surface area contributed by atoms with E-state index in [4.69, 9.17) is 16.3 Å². The van der Waals surface area contributed by atoms with Gasteiger partial charge in [0.05, 0.1) is 17.2 Å². The topological polar surface area (TPSA) is 79.0 Å². The quantitative estimate of drug-likeness (QED) is 0.644. The van der Waals surface area contributed by atoms with Crippen LogP contribution < -0.4 is 10.1 Å². The number of nitrogens with zero attached hydrogens (tertiary/aromatic N) is 2. The summed E-state index contributed by atoms with van der Waals surface area (Å²) in [5.41, 5.74) is 0.666. The fourth-order valence-electron chi connectivity index (χ4n) is 3.77. The maximum Gasteiger partial charge on any atom is 0.255 e. The van der Waals surface area contributed by atoms with E-state index in [1.54, 1.807) is 34.1 Å². The van der Waals surface area contributed by atoms with Gasteiger partial charge in [0.2, 0.25) is 5.91 Å². The number of carbonyl (C=O) groups excluding carboxylic acids is 3. The van der Waals surface area contributed by atoms with Crippen LogP contribution in [0.25, 0.3) is 0 Å². The summed E-state index contributed by atoms with van der Waals surface area (Å²) in [5.74, 6) is -0.803. The number of rotatable bonds is 7. The van der Waals surface area contributed by atoms with E-state index in [1.165, 1.54) is 12.1 Å². The van der Waals surface area contributed by atoms with Gasteiger partial charge in [-0.15, -0.1) is 0 Å². The monoisotopic (exact) mass is 489 g/mol. The molecule has 2 aromatic rings. The zero-order valence-corrected chi connectivity index (χ0v) is 20.3. The standard InChI is InChI=1S/C25H29ClFN3O4/c1-4-34-19-8-5-17(6-9-19)23(31)28-22(16(2)3)25(33)30-13-11-29(12-14-30)24(32)20-10-7-18(27)15-21(20)26/h5-10,15-16,22H,4,11-14H2,1-3H3,(H,28,31). The molecule has 1 aliphatic heterocycles. The lowest BCUT2D eigenvalue weighted by atomic mass is 10.0. The Morgan fingerprint density at radius 2 is 1.65 bits per heavy atom. The summed E-state index contributed by atoms with van der Waals surface area (Å²) in [4.78, 5) is 42.0. The Hall–Kier alpha value is -3.13. The zero-order valence-electron chi connectivity index (χ0n) is 19.5. The molecule has 1 N–H and O–H groups in total. The zero-order chi connectivity index (χ0) is 24.8. The molecule has 0 radical (unpaired) electrons. The summed E-state index contributed by atoms with van der Waals surface area (Å²) in [6, 6.07) is 9.72. The number of ether oxygens (including phenoxy) is 1. The fourth-order valence-corrected chi connectivity index (χ4v) is 4.02. The molecule has 3 rings (SSSR count). The van der Waals surface area contributed by atoms with Gasteiger partial charge in [-0.2, -0.15) is 0 Å². The highest BCUT2D eigenvalue weighted by atomic mass is 35.5. The van der Waals surface area contributed by atoms with E-state index < -0.39 is 11.9 Å². The predicted octanol–water partition coefficient (Wildman–Crippen LogP) is 3.62. The van der Waals surface area contributed by atoms with E-state index in [1.807, 2.05) is 20.8 Å². The van der Waals surface area contributed by atoms with E-state index in [-0.39, 0.29) is 34.2 Å². The Labute approximate surface area is 203 Å². The summed E-state index contributed by atoms with van der Waals surface area (Å²) in [6.07, 6.45) is 0. The molecule has 1 saturated heterocycles. The average Bonchev–Trinajstić information content (AvgIpc) is 2.82. The van der Waals surface area contributed by atoms with Gasteiger partial charge in [0, 0.05) is 31.7 Å². The van der Waals surface area contributed by atoms with Crippen LogP contribution in [-0.2, 0) is 4.79 Å². The maximum absolute atomic E-state index is 13.3. The van der Waals surface area contributed by atoms with Crippen molar-refractivity contribution in [1.29, 1.82) is 0 Å². The van der Waals surface area contributed by atoms with Crippen LogP contribution in [-0.4, -0.2) is 66.3 Å². The van der Waals surface area contributed by atoms with Crippen LogP contribution in [0.3, 0.4) is 0 Å². The average molecular weight is 490 g/mol. The molecule has 0 bridgehead atoms. The Bertz CT molecular complexity index is 1040. The van der Waals surface area contributed by atoms with Gasteiger partial charge in [-0.3, -0.25) is 14.4 Å². The van der Waals surface area contributed by atoms with Crippen LogP contribution in [0, 0.1) is 11.7 Å². The maximum atomic E-state index is 13.3. The molecule has 0 spiro atoms. The fraction of sp³-hybridized carbons (Fsp3) is 0.400. The second kappa shape index (κ2) is 11.3. The highest BCUT2D eigenvalue weighted by molar-refractivity contribution is 6.33. The van der Waals surface area contributed by atoms with Crippen molar-refractivity contribution in [1.82, 2.24) is 15.1 Å². The van der Waals surface area contributed by atoms with Crippen molar-refractivity contribution < 1.29 is 23.5 Å². The van der Waals surface area contributed by atoms with E-state index in [9.17, 15) is 18.8 Å². The van der Waals surface area contributed by atoms with Gasteiger partial charge >= 0.3 is 0 Å². The molecule has 2 aromatic carbocycles. The minimum Gasteiger partial charge on any atom is -0.494 e. The Balaban J connectivity index is 1.61. The number of hydrogen-bond acceptors (Lipinski definition) is 4. The normalized spacial score (nSPS) is 14.6. The third-order valence-electron chi connectivity index (χ3n) is 5.69. The highest BCUT2D eigenvalue weighted by Crippen LogP contribution is 2.20. The van der Waals surface area contributed by atoms with Crippen molar-refractivity contribution in [3.8, 4) is 5.75 Å². The van der Waals surface area contributed by atoms with Gasteiger partial charge in [-0.25, -0.2) is 4.39 Å². The number of benzene rings is 2. The lowest BCUT2D eigenvalue weighted by Gasteiger charge is -2.37. The molecule has 1 aliphatic rings. The molecule has 1 heterocycles. The van der Waals surface area contributed by atoms with Gasteiger partial charge < -0.3 is 19.9 Å². The summed E-state index contributed by atoms with van der Waals surface area (Å²) in [5, 5.41) is 2.91. The van der Waals surface area contributed by atoms with Gasteiger partial charge in [-0.1, -0.05) is 25.4 Å². The first-order valence-electron chi connectivity index (χ1n) is 11.3. The first-order chi connectivity index (χ1) is 16.2. The van der Waals surface area contributed by atoms with Crippen molar-refractivity contribution in [3.05, 3.63) is 64.4 Å². The second-order valence-corrected chi connectivity index (χ2v) is 8.80. The van der Waals surface area contributed by atoms with Crippen LogP contribution >= 0.6 is 11.6 Å². The Morgan fingerprint density at radius 1 is 1.03 bits per heavy atom. The van der Waals surface area contributed by atoms with Gasteiger partial charge in [-0.05, 0) is 55.3 Å². The molecule has 0 aromatic heterocycles. The van der Waals surface area contributed by atoms with Crippen LogP contribution in [0.2, 0.25) is 5.02 Å². The van der Waals surface area contributed by atoms with Crippen molar-refractivity contribution >= 4 is 29.3 Å². The molecule has 34 heavy (non-hydrogen) atoms. The molecule has 1 unspecified atom stereocenters. The van der Waals surface area contributed by atoms with Crippen molar-refractivity contribution in [2.24, 2.45) is 5.92 Å². The number of piperazine rings is 1. The molecular formula is C25H29ClFN3O4. The highest BCUT2D eigenvalue weighted by Gasteiger charge is 2.32. The number of carbonyl (C=O) groups is 3. The third-order valence-corrected chi connectivity index (χ3v) is 6.00. The van der Waals surface area contributed by atoms with E-state index in [0.29, 0.717) is 44.1 Å². The van der Waals surface area contributed by atoms with Crippen molar-refractivity contribution in [2.75, 3.05) is 32.8 Å². The Morgan fingerprint density at radius 3 is 2.21 bits per heavy atom. The molecule has 0 saturated carbocycles. The minimum atomic E-state index is -0.701. The lowest BCUT2D eigenvalue weighted by Crippen LogP contribution is -2.57. The Kier molecular flexibility index (Phi) is 8.50. The van der Waals surface area contributed by atoms with Crippen LogP contribution in [0.1, 0.15) is 41.5 Å². The number of nitrogens with one attached hydrogen (secondary N) is 1. The largest absolute Gasteiger partial charge is 0.494 e. The first kappa shape index (κ1) is 25.5. The molecule has 0 aliphatic carbocycles. The molecular weight excluding hydrogens is 461 g/mol. The van der Waals surface area contributed by atoms with E-state index in [0.717, 1.165) is 6.07 Å². The SMILES string of the molecule is CCOc1ccc(C(=O)NC(C(=O)N2CCN(C(=O)c3ccc(F)cc3Cl)CC2)C(C)C)cc1. The first-order valence-corrected chi connectivity index (χ1v) is 11.7. The van der Waals surface area contributed by atoms with Crippen LogP contribution in [0.15, 0.2) is 42.5 Å². The summed E-state index contributed by atoms with van der Waals surface area (Å²) in [6.45, 7) is 7.44. The number of hydrogen-bond donors (Lipinski definition) is 1. The van der Waals surface area contributed by atoms with Crippen LogP contribution in [0.5, 0.6) is 5.75 Å². The minimum absolute atomic E-state index is 0.0559. The predicted molar refractivity (Wildman–Crippen MR) is 128 cm³/mol. The smallest absolute Gasteiger partial charge is 0.255 e. The number of halogens is 2. The second-order valence-electron chi connectivity index (χ2n) is 8.39. The van der Waals surface area contributed by atoms with Gasteiger partial charge in [0.1, 0.15) is 17.6 Å². The summed E-state index contributed by atoms with van der Waals surface area (Å²) < 4.78 is 18.7. The van der Waals surface area contributed by atoms with Gasteiger partial charge in [0.25, 0.3) is 11.8 Å². The van der Waals surface area contributed by atoms with E-state index in [2.05, 4.69) is 5.32 Å². The van der Waals surface area contributed by atoms with Crippen molar-refractivity contribution in [3.63, 3.8) is 0 Å².